The maximum Gasteiger partial charge on any atom is 0.307 e. The van der Waals surface area contributed by atoms with Crippen molar-refractivity contribution in [3.05, 3.63) is 35.6 Å². The van der Waals surface area contributed by atoms with Gasteiger partial charge in [-0.15, -0.1) is 0 Å². The molecular formula is C13H18FNO2. The summed E-state index contributed by atoms with van der Waals surface area (Å²) in [6, 6.07) is 6.05. The van der Waals surface area contributed by atoms with Gasteiger partial charge in [0, 0.05) is 12.1 Å². The Bertz CT molecular complexity index is 395. The van der Waals surface area contributed by atoms with Crippen LogP contribution in [-0.4, -0.2) is 17.1 Å². The fourth-order valence-electron chi connectivity index (χ4n) is 1.62. The molecule has 17 heavy (non-hydrogen) atoms. The number of carboxylic acids is 1. The molecule has 0 aliphatic rings. The Morgan fingerprint density at radius 2 is 2.00 bits per heavy atom. The van der Waals surface area contributed by atoms with E-state index in [1.807, 2.05) is 19.9 Å². The minimum Gasteiger partial charge on any atom is -0.481 e. The number of rotatable bonds is 5. The number of carboxylic acid groups (broad SMARTS) is 1. The molecule has 0 aromatic heterocycles. The Morgan fingerprint density at radius 3 is 2.53 bits per heavy atom. The zero-order valence-electron chi connectivity index (χ0n) is 10.3. The van der Waals surface area contributed by atoms with Crippen LogP contribution in [0.2, 0.25) is 0 Å². The molecule has 0 aliphatic heterocycles. The van der Waals surface area contributed by atoms with E-state index in [-0.39, 0.29) is 17.9 Å². The van der Waals surface area contributed by atoms with Crippen LogP contribution in [0.15, 0.2) is 24.3 Å². The second-order valence-electron chi connectivity index (χ2n) is 4.36. The van der Waals surface area contributed by atoms with Crippen molar-refractivity contribution in [1.29, 1.82) is 0 Å². The summed E-state index contributed by atoms with van der Waals surface area (Å²) in [6.45, 7) is 5.35. The predicted octanol–water partition coefficient (Wildman–Crippen LogP) is 2.59. The Labute approximate surface area is 101 Å². The first-order valence-electron chi connectivity index (χ1n) is 5.66. The molecule has 1 aromatic carbocycles. The third kappa shape index (κ3) is 3.82. The fourth-order valence-corrected chi connectivity index (χ4v) is 1.62. The van der Waals surface area contributed by atoms with Crippen LogP contribution in [-0.2, 0) is 4.79 Å². The van der Waals surface area contributed by atoms with Crippen molar-refractivity contribution in [2.75, 3.05) is 0 Å². The molecule has 0 spiro atoms. The van der Waals surface area contributed by atoms with Crippen molar-refractivity contribution in [3.8, 4) is 0 Å². The number of halogens is 1. The molecule has 0 bridgehead atoms. The summed E-state index contributed by atoms with van der Waals surface area (Å²) >= 11 is 0. The molecule has 0 saturated carbocycles. The van der Waals surface area contributed by atoms with E-state index in [9.17, 15) is 9.18 Å². The van der Waals surface area contributed by atoms with E-state index in [2.05, 4.69) is 5.32 Å². The van der Waals surface area contributed by atoms with Crippen LogP contribution >= 0.6 is 0 Å². The van der Waals surface area contributed by atoms with Crippen LogP contribution in [0.1, 0.15) is 32.4 Å². The van der Waals surface area contributed by atoms with Crippen molar-refractivity contribution in [3.63, 3.8) is 0 Å². The maximum absolute atomic E-state index is 13.0. The van der Waals surface area contributed by atoms with Gasteiger partial charge in [0.25, 0.3) is 0 Å². The highest BCUT2D eigenvalue weighted by atomic mass is 19.1. The smallest absolute Gasteiger partial charge is 0.307 e. The van der Waals surface area contributed by atoms with Crippen molar-refractivity contribution in [1.82, 2.24) is 5.32 Å². The largest absolute Gasteiger partial charge is 0.481 e. The second kappa shape index (κ2) is 5.77. The molecule has 0 saturated heterocycles. The highest BCUT2D eigenvalue weighted by Crippen LogP contribution is 2.16. The molecule has 0 fully saturated rings. The van der Waals surface area contributed by atoms with Gasteiger partial charge in [-0.3, -0.25) is 4.79 Å². The molecule has 0 radical (unpaired) electrons. The number of hydrogen-bond acceptors (Lipinski definition) is 2. The van der Waals surface area contributed by atoms with Crippen molar-refractivity contribution >= 4 is 5.97 Å². The lowest BCUT2D eigenvalue weighted by Crippen LogP contribution is -2.37. The first-order chi connectivity index (χ1) is 7.91. The standard InChI is InChI=1S/C13H18FNO2/c1-8(13(16)17)9(2)15-10(3)11-5-4-6-12(14)7-11/h4-10,15H,1-3H3,(H,16,17)/t8?,9?,10-/m0/s1. The molecule has 0 amide bonds. The molecule has 2 N–H and O–H groups in total. The van der Waals surface area contributed by atoms with E-state index in [1.165, 1.54) is 12.1 Å². The van der Waals surface area contributed by atoms with Gasteiger partial charge in [-0.2, -0.15) is 0 Å². The van der Waals surface area contributed by atoms with Gasteiger partial charge in [0.15, 0.2) is 0 Å². The SMILES string of the molecule is CC(N[C@@H](C)c1cccc(F)c1)C(C)C(=O)O. The topological polar surface area (TPSA) is 49.3 Å². The minimum absolute atomic E-state index is 0.0810. The Balaban J connectivity index is 2.66. The molecule has 0 heterocycles. The van der Waals surface area contributed by atoms with Gasteiger partial charge in [-0.25, -0.2) is 4.39 Å². The van der Waals surface area contributed by atoms with Gasteiger partial charge in [-0.05, 0) is 31.5 Å². The van der Waals surface area contributed by atoms with Crippen LogP contribution in [0, 0.1) is 11.7 Å². The fraction of sp³-hybridized carbons (Fsp3) is 0.462. The Kier molecular flexibility index (Phi) is 4.63. The zero-order valence-corrected chi connectivity index (χ0v) is 10.3. The number of aliphatic carboxylic acids is 1. The van der Waals surface area contributed by atoms with Gasteiger partial charge in [0.2, 0.25) is 0 Å². The molecule has 4 heteroatoms. The van der Waals surface area contributed by atoms with E-state index in [4.69, 9.17) is 5.11 Å². The lowest BCUT2D eigenvalue weighted by atomic mass is 10.0. The average molecular weight is 239 g/mol. The summed E-state index contributed by atoms with van der Waals surface area (Å²) in [5, 5.41) is 12.0. The lowest BCUT2D eigenvalue weighted by Gasteiger charge is -2.23. The summed E-state index contributed by atoms with van der Waals surface area (Å²) in [5.74, 6) is -1.60. The summed E-state index contributed by atoms with van der Waals surface area (Å²) in [4.78, 5) is 10.8. The molecule has 94 valence electrons. The van der Waals surface area contributed by atoms with E-state index in [0.29, 0.717) is 0 Å². The molecule has 2 unspecified atom stereocenters. The summed E-state index contributed by atoms with van der Waals surface area (Å²) in [7, 11) is 0. The van der Waals surface area contributed by atoms with Gasteiger partial charge >= 0.3 is 5.97 Å². The lowest BCUT2D eigenvalue weighted by molar-refractivity contribution is -0.142. The van der Waals surface area contributed by atoms with Crippen LogP contribution in [0.3, 0.4) is 0 Å². The van der Waals surface area contributed by atoms with Crippen LogP contribution in [0.4, 0.5) is 4.39 Å². The highest BCUT2D eigenvalue weighted by Gasteiger charge is 2.21. The van der Waals surface area contributed by atoms with Crippen molar-refractivity contribution < 1.29 is 14.3 Å². The molecular weight excluding hydrogens is 221 g/mol. The Morgan fingerprint density at radius 1 is 1.35 bits per heavy atom. The normalized spacial score (nSPS) is 16.2. The summed E-state index contributed by atoms with van der Waals surface area (Å²) < 4.78 is 13.0. The highest BCUT2D eigenvalue weighted by molar-refractivity contribution is 5.70. The van der Waals surface area contributed by atoms with E-state index < -0.39 is 11.9 Å². The summed E-state index contributed by atoms with van der Waals surface area (Å²) in [5.41, 5.74) is 0.814. The molecule has 3 nitrogen and oxygen atoms in total. The number of nitrogens with one attached hydrogen (secondary N) is 1. The monoisotopic (exact) mass is 239 g/mol. The number of benzene rings is 1. The molecule has 3 atom stereocenters. The third-order valence-electron chi connectivity index (χ3n) is 3.00. The van der Waals surface area contributed by atoms with Crippen molar-refractivity contribution in [2.24, 2.45) is 5.92 Å². The first kappa shape index (κ1) is 13.6. The average Bonchev–Trinajstić information content (AvgIpc) is 2.27. The van der Waals surface area contributed by atoms with E-state index in [1.54, 1.807) is 13.0 Å². The predicted molar refractivity (Wildman–Crippen MR) is 64.2 cm³/mol. The minimum atomic E-state index is -0.837. The third-order valence-corrected chi connectivity index (χ3v) is 3.00. The van der Waals surface area contributed by atoms with Gasteiger partial charge in [0.05, 0.1) is 5.92 Å². The van der Waals surface area contributed by atoms with Crippen molar-refractivity contribution in [2.45, 2.75) is 32.9 Å². The van der Waals surface area contributed by atoms with Crippen LogP contribution in [0.5, 0.6) is 0 Å². The zero-order chi connectivity index (χ0) is 13.0. The van der Waals surface area contributed by atoms with E-state index >= 15 is 0 Å². The first-order valence-corrected chi connectivity index (χ1v) is 5.66. The molecule has 0 aliphatic carbocycles. The van der Waals surface area contributed by atoms with Gasteiger partial charge < -0.3 is 10.4 Å². The maximum atomic E-state index is 13.0. The molecule has 1 rings (SSSR count). The Hall–Kier alpha value is -1.42. The quantitative estimate of drug-likeness (QED) is 0.830. The number of hydrogen-bond donors (Lipinski definition) is 2. The number of carbonyl (C=O) groups is 1. The van der Waals surface area contributed by atoms with Gasteiger partial charge in [-0.1, -0.05) is 19.1 Å². The van der Waals surface area contributed by atoms with Gasteiger partial charge in [0.1, 0.15) is 5.82 Å². The second-order valence-corrected chi connectivity index (χ2v) is 4.36. The van der Waals surface area contributed by atoms with Crippen LogP contribution in [0.25, 0.3) is 0 Å². The molecule has 1 aromatic rings. The van der Waals surface area contributed by atoms with Crippen LogP contribution < -0.4 is 5.32 Å². The van der Waals surface area contributed by atoms with E-state index in [0.717, 1.165) is 5.56 Å². The summed E-state index contributed by atoms with van der Waals surface area (Å²) in [6.07, 6.45) is 0.